The Kier molecular flexibility index (Phi) is 2.95. The average molecular weight is 220 g/mol. The van der Waals surface area contributed by atoms with Crippen LogP contribution < -0.4 is 15.4 Å². The van der Waals surface area contributed by atoms with E-state index in [0.717, 1.165) is 5.75 Å². The Morgan fingerprint density at radius 1 is 1.25 bits per heavy atom. The standard InChI is InChI=1S/C13H20N2O/c1-9-4-5-10(2)15(9)11-6-7-13(16-3)12(14)8-11/h6-10H,4-5,14H2,1-3H3. The molecule has 1 saturated heterocycles. The number of nitrogen functional groups attached to an aromatic ring is 1. The van der Waals surface area contributed by atoms with E-state index in [4.69, 9.17) is 10.5 Å². The zero-order valence-electron chi connectivity index (χ0n) is 10.2. The van der Waals surface area contributed by atoms with Crippen molar-refractivity contribution in [2.24, 2.45) is 0 Å². The van der Waals surface area contributed by atoms with Crippen molar-refractivity contribution in [3.8, 4) is 5.75 Å². The molecule has 0 aliphatic carbocycles. The predicted molar refractivity (Wildman–Crippen MR) is 68.0 cm³/mol. The third kappa shape index (κ3) is 1.82. The molecule has 3 nitrogen and oxygen atoms in total. The van der Waals surface area contributed by atoms with Crippen LogP contribution in [0.5, 0.6) is 5.75 Å². The molecule has 0 radical (unpaired) electrons. The second-order valence-electron chi connectivity index (χ2n) is 4.61. The summed E-state index contributed by atoms with van der Waals surface area (Å²) in [5.41, 5.74) is 7.86. The van der Waals surface area contributed by atoms with E-state index in [1.807, 2.05) is 12.1 Å². The average Bonchev–Trinajstić information content (AvgIpc) is 2.58. The van der Waals surface area contributed by atoms with E-state index in [9.17, 15) is 0 Å². The van der Waals surface area contributed by atoms with Crippen LogP contribution in [0.1, 0.15) is 26.7 Å². The molecule has 1 heterocycles. The molecule has 1 aliphatic heterocycles. The second kappa shape index (κ2) is 4.24. The van der Waals surface area contributed by atoms with Crippen LogP contribution in [0.4, 0.5) is 11.4 Å². The van der Waals surface area contributed by atoms with Crippen molar-refractivity contribution in [2.45, 2.75) is 38.8 Å². The Morgan fingerprint density at radius 2 is 1.88 bits per heavy atom. The van der Waals surface area contributed by atoms with Gasteiger partial charge in [-0.15, -0.1) is 0 Å². The van der Waals surface area contributed by atoms with Gasteiger partial charge in [0.25, 0.3) is 0 Å². The first-order valence-corrected chi connectivity index (χ1v) is 5.85. The molecule has 0 aromatic heterocycles. The minimum absolute atomic E-state index is 0.600. The van der Waals surface area contributed by atoms with Crippen LogP contribution in [-0.2, 0) is 0 Å². The fourth-order valence-corrected chi connectivity index (χ4v) is 2.59. The molecule has 2 N–H and O–H groups in total. The first-order chi connectivity index (χ1) is 7.63. The van der Waals surface area contributed by atoms with E-state index < -0.39 is 0 Å². The van der Waals surface area contributed by atoms with Crippen molar-refractivity contribution in [3.63, 3.8) is 0 Å². The van der Waals surface area contributed by atoms with Crippen LogP contribution in [0.25, 0.3) is 0 Å². The zero-order chi connectivity index (χ0) is 11.7. The van der Waals surface area contributed by atoms with Crippen molar-refractivity contribution < 1.29 is 4.74 Å². The molecule has 0 amide bonds. The maximum atomic E-state index is 5.94. The third-order valence-electron chi connectivity index (χ3n) is 3.46. The molecule has 2 atom stereocenters. The van der Waals surface area contributed by atoms with Crippen LogP contribution in [-0.4, -0.2) is 19.2 Å². The lowest BCUT2D eigenvalue weighted by atomic mass is 10.2. The number of hydrogen-bond acceptors (Lipinski definition) is 3. The van der Waals surface area contributed by atoms with Gasteiger partial charge in [0.05, 0.1) is 12.8 Å². The maximum Gasteiger partial charge on any atom is 0.141 e. The van der Waals surface area contributed by atoms with Gasteiger partial charge >= 0.3 is 0 Å². The Bertz CT molecular complexity index is 368. The normalized spacial score (nSPS) is 24.8. The Hall–Kier alpha value is -1.38. The van der Waals surface area contributed by atoms with Gasteiger partial charge < -0.3 is 15.4 Å². The molecule has 0 saturated carbocycles. The largest absolute Gasteiger partial charge is 0.495 e. The van der Waals surface area contributed by atoms with Crippen molar-refractivity contribution in [1.82, 2.24) is 0 Å². The second-order valence-corrected chi connectivity index (χ2v) is 4.61. The van der Waals surface area contributed by atoms with E-state index >= 15 is 0 Å². The number of rotatable bonds is 2. The van der Waals surface area contributed by atoms with Crippen LogP contribution in [0.2, 0.25) is 0 Å². The molecule has 2 rings (SSSR count). The molecule has 3 heteroatoms. The fraction of sp³-hybridized carbons (Fsp3) is 0.538. The monoisotopic (exact) mass is 220 g/mol. The summed E-state index contributed by atoms with van der Waals surface area (Å²) in [5.74, 6) is 0.753. The number of benzene rings is 1. The number of nitrogens with zero attached hydrogens (tertiary/aromatic N) is 1. The summed E-state index contributed by atoms with van der Waals surface area (Å²) >= 11 is 0. The highest BCUT2D eigenvalue weighted by Gasteiger charge is 2.27. The molecule has 0 spiro atoms. The molecule has 88 valence electrons. The highest BCUT2D eigenvalue weighted by atomic mass is 16.5. The van der Waals surface area contributed by atoms with Gasteiger partial charge in [-0.2, -0.15) is 0 Å². The molecule has 2 unspecified atom stereocenters. The molecule has 0 bridgehead atoms. The smallest absolute Gasteiger partial charge is 0.141 e. The lowest BCUT2D eigenvalue weighted by molar-refractivity contribution is 0.417. The van der Waals surface area contributed by atoms with Crippen molar-refractivity contribution in [1.29, 1.82) is 0 Å². The maximum absolute atomic E-state index is 5.94. The van der Waals surface area contributed by atoms with Gasteiger partial charge in [0.2, 0.25) is 0 Å². The summed E-state index contributed by atoms with van der Waals surface area (Å²) < 4.78 is 5.17. The zero-order valence-corrected chi connectivity index (χ0v) is 10.2. The molecule has 16 heavy (non-hydrogen) atoms. The number of ether oxygens (including phenoxy) is 1. The van der Waals surface area contributed by atoms with Crippen LogP contribution in [0.3, 0.4) is 0 Å². The summed E-state index contributed by atoms with van der Waals surface area (Å²) in [5, 5.41) is 0. The van der Waals surface area contributed by atoms with Gasteiger partial charge in [0.15, 0.2) is 0 Å². The summed E-state index contributed by atoms with van der Waals surface area (Å²) in [6.45, 7) is 4.54. The lowest BCUT2D eigenvalue weighted by Gasteiger charge is -2.29. The minimum Gasteiger partial charge on any atom is -0.495 e. The van der Waals surface area contributed by atoms with E-state index in [-0.39, 0.29) is 0 Å². The highest BCUT2D eigenvalue weighted by Crippen LogP contribution is 2.33. The first-order valence-electron chi connectivity index (χ1n) is 5.85. The van der Waals surface area contributed by atoms with E-state index in [1.54, 1.807) is 7.11 Å². The molecular formula is C13H20N2O. The number of methoxy groups -OCH3 is 1. The third-order valence-corrected chi connectivity index (χ3v) is 3.46. The van der Waals surface area contributed by atoms with Crippen LogP contribution in [0.15, 0.2) is 18.2 Å². The van der Waals surface area contributed by atoms with Gasteiger partial charge in [0, 0.05) is 17.8 Å². The summed E-state index contributed by atoms with van der Waals surface area (Å²) in [7, 11) is 1.65. The van der Waals surface area contributed by atoms with Gasteiger partial charge in [-0.25, -0.2) is 0 Å². The number of nitrogens with two attached hydrogens (primary N) is 1. The summed E-state index contributed by atoms with van der Waals surface area (Å²) in [4.78, 5) is 2.44. The first kappa shape index (κ1) is 11.1. The molecule has 1 aliphatic rings. The summed E-state index contributed by atoms with van der Waals surface area (Å²) in [6, 6.07) is 7.25. The van der Waals surface area contributed by atoms with E-state index in [1.165, 1.54) is 18.5 Å². The Labute approximate surface area is 97.2 Å². The number of hydrogen-bond donors (Lipinski definition) is 1. The van der Waals surface area contributed by atoms with Gasteiger partial charge in [-0.05, 0) is 44.9 Å². The Morgan fingerprint density at radius 3 is 2.38 bits per heavy atom. The fourth-order valence-electron chi connectivity index (χ4n) is 2.59. The SMILES string of the molecule is COc1ccc(N2C(C)CCC2C)cc1N. The molecular weight excluding hydrogens is 200 g/mol. The van der Waals surface area contributed by atoms with Crippen molar-refractivity contribution >= 4 is 11.4 Å². The van der Waals surface area contributed by atoms with Crippen molar-refractivity contribution in [2.75, 3.05) is 17.7 Å². The Balaban J connectivity index is 2.30. The predicted octanol–water partition coefficient (Wildman–Crippen LogP) is 2.65. The van der Waals surface area contributed by atoms with Crippen molar-refractivity contribution in [3.05, 3.63) is 18.2 Å². The van der Waals surface area contributed by atoms with Gasteiger partial charge in [0.1, 0.15) is 5.75 Å². The van der Waals surface area contributed by atoms with E-state index in [0.29, 0.717) is 17.8 Å². The van der Waals surface area contributed by atoms with Crippen LogP contribution in [0, 0.1) is 0 Å². The van der Waals surface area contributed by atoms with Crippen LogP contribution >= 0.6 is 0 Å². The minimum atomic E-state index is 0.600. The molecule has 1 aromatic rings. The summed E-state index contributed by atoms with van der Waals surface area (Å²) in [6.07, 6.45) is 2.51. The number of anilines is 2. The molecule has 1 fully saturated rings. The van der Waals surface area contributed by atoms with E-state index in [2.05, 4.69) is 24.8 Å². The van der Waals surface area contributed by atoms with Gasteiger partial charge in [-0.3, -0.25) is 0 Å². The molecule has 1 aromatic carbocycles. The lowest BCUT2D eigenvalue weighted by Crippen LogP contribution is -2.32. The van der Waals surface area contributed by atoms with Gasteiger partial charge in [-0.1, -0.05) is 0 Å². The topological polar surface area (TPSA) is 38.5 Å². The quantitative estimate of drug-likeness (QED) is 0.779. The highest BCUT2D eigenvalue weighted by molar-refractivity contribution is 5.64.